The van der Waals surface area contributed by atoms with Crippen molar-refractivity contribution in [2.75, 3.05) is 13.2 Å². The number of rotatable bonds is 7. The molecule has 0 aliphatic carbocycles. The third-order valence-electron chi connectivity index (χ3n) is 3.99. The third-order valence-corrected chi connectivity index (χ3v) is 3.99. The van der Waals surface area contributed by atoms with Gasteiger partial charge in [0.15, 0.2) is 0 Å². The fourth-order valence-corrected chi connectivity index (χ4v) is 2.91. The molecule has 0 spiro atoms. The second-order valence-corrected chi connectivity index (χ2v) is 5.81. The molecule has 118 valence electrons. The number of hydrogen-bond acceptors (Lipinski definition) is 2. The first-order chi connectivity index (χ1) is 10.7. The van der Waals surface area contributed by atoms with E-state index in [9.17, 15) is 5.11 Å². The van der Waals surface area contributed by atoms with Crippen LogP contribution in [0.3, 0.4) is 0 Å². The van der Waals surface area contributed by atoms with Crippen molar-refractivity contribution < 1.29 is 9.84 Å². The van der Waals surface area contributed by atoms with Crippen LogP contribution in [0.4, 0.5) is 0 Å². The van der Waals surface area contributed by atoms with Crippen molar-refractivity contribution in [3.05, 3.63) is 70.8 Å². The van der Waals surface area contributed by atoms with E-state index >= 15 is 0 Å². The highest BCUT2D eigenvalue weighted by molar-refractivity contribution is 5.41. The molecule has 22 heavy (non-hydrogen) atoms. The summed E-state index contributed by atoms with van der Waals surface area (Å²) in [6.07, 6.45) is 0.848. The highest BCUT2D eigenvalue weighted by Gasteiger charge is 2.21. The van der Waals surface area contributed by atoms with Gasteiger partial charge < -0.3 is 9.84 Å². The summed E-state index contributed by atoms with van der Waals surface area (Å²) in [6.45, 7) is 6.95. The van der Waals surface area contributed by atoms with E-state index in [-0.39, 0.29) is 12.7 Å². The van der Waals surface area contributed by atoms with E-state index in [0.29, 0.717) is 12.5 Å². The summed E-state index contributed by atoms with van der Waals surface area (Å²) in [4.78, 5) is 0. The maximum atomic E-state index is 9.19. The molecule has 0 amide bonds. The zero-order valence-corrected chi connectivity index (χ0v) is 13.8. The van der Waals surface area contributed by atoms with Crippen LogP contribution in [-0.4, -0.2) is 18.3 Å². The van der Waals surface area contributed by atoms with Crippen LogP contribution in [0, 0.1) is 0 Å². The molecule has 1 atom stereocenters. The lowest BCUT2D eigenvalue weighted by Gasteiger charge is -2.24. The van der Waals surface area contributed by atoms with Crippen LogP contribution in [0.1, 0.15) is 55.0 Å². The topological polar surface area (TPSA) is 29.5 Å². The van der Waals surface area contributed by atoms with Gasteiger partial charge in [0.1, 0.15) is 6.10 Å². The molecule has 0 fully saturated rings. The molecule has 2 rings (SSSR count). The summed E-state index contributed by atoms with van der Waals surface area (Å²) in [5.41, 5.74) is 5.00. The molecule has 0 bridgehead atoms. The van der Waals surface area contributed by atoms with Gasteiger partial charge in [-0.15, -0.1) is 0 Å². The summed E-state index contributed by atoms with van der Waals surface area (Å²) in [5.74, 6) is 0.435. The van der Waals surface area contributed by atoms with Crippen molar-refractivity contribution in [3.63, 3.8) is 0 Å². The minimum absolute atomic E-state index is 0.0363. The quantitative estimate of drug-likeness (QED) is 0.817. The second-order valence-electron chi connectivity index (χ2n) is 5.81. The Balaban J connectivity index is 2.51. The normalized spacial score (nSPS) is 12.6. The molecule has 2 aromatic carbocycles. The van der Waals surface area contributed by atoms with Crippen LogP contribution in [0.2, 0.25) is 0 Å². The first kappa shape index (κ1) is 16.7. The van der Waals surface area contributed by atoms with Gasteiger partial charge in [0.25, 0.3) is 0 Å². The average molecular weight is 298 g/mol. The summed E-state index contributed by atoms with van der Waals surface area (Å²) in [5, 5.41) is 9.19. The van der Waals surface area contributed by atoms with Crippen LogP contribution >= 0.6 is 0 Å². The Bertz CT molecular complexity index is 590. The third kappa shape index (κ3) is 3.76. The van der Waals surface area contributed by atoms with Gasteiger partial charge in [-0.25, -0.2) is 0 Å². The van der Waals surface area contributed by atoms with E-state index in [0.717, 1.165) is 6.42 Å². The summed E-state index contributed by atoms with van der Waals surface area (Å²) in [7, 11) is 0. The number of aryl methyl sites for hydroxylation is 1. The highest BCUT2D eigenvalue weighted by atomic mass is 16.5. The van der Waals surface area contributed by atoms with Crippen molar-refractivity contribution in [1.29, 1.82) is 0 Å². The van der Waals surface area contributed by atoms with Crippen molar-refractivity contribution >= 4 is 0 Å². The monoisotopic (exact) mass is 298 g/mol. The molecule has 1 N–H and O–H groups in total. The first-order valence-electron chi connectivity index (χ1n) is 8.08. The minimum atomic E-state index is -0.123. The fourth-order valence-electron chi connectivity index (χ4n) is 2.91. The Hall–Kier alpha value is -1.64. The lowest BCUT2D eigenvalue weighted by molar-refractivity contribution is 0.0491. The Morgan fingerprint density at radius 2 is 1.50 bits per heavy atom. The van der Waals surface area contributed by atoms with E-state index in [1.807, 2.05) is 0 Å². The van der Waals surface area contributed by atoms with Gasteiger partial charge in [-0.05, 0) is 34.6 Å². The van der Waals surface area contributed by atoms with Crippen molar-refractivity contribution in [2.45, 2.75) is 39.2 Å². The molecule has 0 aliphatic heterocycles. The van der Waals surface area contributed by atoms with E-state index in [1.165, 1.54) is 22.3 Å². The predicted molar refractivity (Wildman–Crippen MR) is 91.2 cm³/mol. The SMILES string of the molecule is CCc1ccccc1[C@H](OCCO)c1ccccc1C(C)C. The standard InChI is InChI=1S/C20H26O2/c1-4-16-9-5-6-11-18(16)20(22-14-13-21)19-12-8-7-10-17(19)15(2)3/h5-12,15,20-21H,4,13-14H2,1-3H3/t20-/m0/s1. The number of benzene rings is 2. The zero-order valence-electron chi connectivity index (χ0n) is 13.8. The molecule has 0 heterocycles. The van der Waals surface area contributed by atoms with Crippen molar-refractivity contribution in [2.24, 2.45) is 0 Å². The van der Waals surface area contributed by atoms with Gasteiger partial charge in [0.05, 0.1) is 13.2 Å². The van der Waals surface area contributed by atoms with E-state index in [2.05, 4.69) is 69.3 Å². The number of ether oxygens (including phenoxy) is 1. The molecular formula is C20H26O2. The van der Waals surface area contributed by atoms with Crippen molar-refractivity contribution in [3.8, 4) is 0 Å². The molecule has 2 heteroatoms. The maximum Gasteiger partial charge on any atom is 0.108 e. The second kappa shape index (κ2) is 8.11. The van der Waals surface area contributed by atoms with E-state index in [4.69, 9.17) is 4.74 Å². The largest absolute Gasteiger partial charge is 0.394 e. The number of aliphatic hydroxyl groups excluding tert-OH is 1. The van der Waals surface area contributed by atoms with Gasteiger partial charge in [-0.3, -0.25) is 0 Å². The van der Waals surface area contributed by atoms with Gasteiger partial charge in [0.2, 0.25) is 0 Å². The van der Waals surface area contributed by atoms with Gasteiger partial charge >= 0.3 is 0 Å². The molecule has 2 aromatic rings. The van der Waals surface area contributed by atoms with Crippen LogP contribution < -0.4 is 0 Å². The smallest absolute Gasteiger partial charge is 0.108 e. The zero-order chi connectivity index (χ0) is 15.9. The molecule has 0 unspecified atom stereocenters. The molecular weight excluding hydrogens is 272 g/mol. The van der Waals surface area contributed by atoms with Gasteiger partial charge in [0, 0.05) is 0 Å². The molecule has 0 saturated carbocycles. The maximum absolute atomic E-state index is 9.19. The Morgan fingerprint density at radius 3 is 2.09 bits per heavy atom. The van der Waals surface area contributed by atoms with Crippen LogP contribution in [0.5, 0.6) is 0 Å². The van der Waals surface area contributed by atoms with Crippen molar-refractivity contribution in [1.82, 2.24) is 0 Å². The Morgan fingerprint density at radius 1 is 0.909 bits per heavy atom. The number of aliphatic hydroxyl groups is 1. The van der Waals surface area contributed by atoms with Crippen LogP contribution in [0.15, 0.2) is 48.5 Å². The number of hydrogen-bond donors (Lipinski definition) is 1. The summed E-state index contributed by atoms with van der Waals surface area (Å²) >= 11 is 0. The van der Waals surface area contributed by atoms with Gasteiger partial charge in [-0.1, -0.05) is 69.3 Å². The molecule has 0 radical (unpaired) electrons. The Labute approximate surface area is 133 Å². The minimum Gasteiger partial charge on any atom is -0.394 e. The highest BCUT2D eigenvalue weighted by Crippen LogP contribution is 2.33. The molecule has 0 saturated heterocycles. The summed E-state index contributed by atoms with van der Waals surface area (Å²) in [6, 6.07) is 16.9. The van der Waals surface area contributed by atoms with Gasteiger partial charge in [-0.2, -0.15) is 0 Å². The fraction of sp³-hybridized carbons (Fsp3) is 0.400. The van der Waals surface area contributed by atoms with E-state index in [1.54, 1.807) is 0 Å². The molecule has 2 nitrogen and oxygen atoms in total. The molecule has 0 aliphatic rings. The average Bonchev–Trinajstić information content (AvgIpc) is 2.56. The van der Waals surface area contributed by atoms with Crippen LogP contribution in [0.25, 0.3) is 0 Å². The lowest BCUT2D eigenvalue weighted by Crippen LogP contribution is -2.14. The predicted octanol–water partition coefficient (Wildman–Crippen LogP) is 4.47. The Kier molecular flexibility index (Phi) is 6.17. The first-order valence-corrected chi connectivity index (χ1v) is 8.08. The lowest BCUT2D eigenvalue weighted by atomic mass is 9.89. The summed E-state index contributed by atoms with van der Waals surface area (Å²) < 4.78 is 6.05. The van der Waals surface area contributed by atoms with E-state index < -0.39 is 0 Å². The molecule has 0 aromatic heterocycles. The van der Waals surface area contributed by atoms with Crippen LogP contribution in [-0.2, 0) is 11.2 Å².